The molecule has 0 aliphatic carbocycles. The Balaban J connectivity index is 1.59. The predicted octanol–water partition coefficient (Wildman–Crippen LogP) is 5.63. The number of fused-ring (bicyclic) bond motifs is 3. The maximum absolute atomic E-state index is 13.2. The molecule has 1 amide bonds. The van der Waals surface area contributed by atoms with Crippen LogP contribution in [0.15, 0.2) is 41.0 Å². The summed E-state index contributed by atoms with van der Waals surface area (Å²) in [6.07, 6.45) is -3.56. The SMILES string of the molecule is Cc1cc(C(F)(F)F)nc2sc3c(c12)NC(c1cn[nH]c1-c1ccc(Br)cc1)NC3=O. The van der Waals surface area contributed by atoms with E-state index in [1.165, 1.54) is 0 Å². The van der Waals surface area contributed by atoms with E-state index in [1.807, 2.05) is 24.3 Å². The molecule has 3 aromatic heterocycles. The summed E-state index contributed by atoms with van der Waals surface area (Å²) in [5.41, 5.74) is 2.22. The number of benzene rings is 1. The second-order valence-corrected chi connectivity index (χ2v) is 8.98. The highest BCUT2D eigenvalue weighted by atomic mass is 79.9. The van der Waals surface area contributed by atoms with E-state index in [4.69, 9.17) is 0 Å². The zero-order chi connectivity index (χ0) is 21.9. The first-order valence-electron chi connectivity index (χ1n) is 9.10. The molecule has 3 N–H and O–H groups in total. The fourth-order valence-corrected chi connectivity index (χ4v) is 5.00. The summed E-state index contributed by atoms with van der Waals surface area (Å²) in [5.74, 6) is -0.377. The molecule has 5 rings (SSSR count). The Kier molecular flexibility index (Phi) is 4.56. The number of pyridine rings is 1. The van der Waals surface area contributed by atoms with Crippen molar-refractivity contribution in [3.8, 4) is 11.3 Å². The van der Waals surface area contributed by atoms with Crippen LogP contribution in [0.2, 0.25) is 0 Å². The topological polar surface area (TPSA) is 82.7 Å². The van der Waals surface area contributed by atoms with Crippen LogP contribution >= 0.6 is 27.3 Å². The number of hydrogen-bond donors (Lipinski definition) is 3. The van der Waals surface area contributed by atoms with E-state index in [-0.39, 0.29) is 10.7 Å². The summed E-state index contributed by atoms with van der Waals surface area (Å²) in [5, 5.41) is 13.7. The minimum atomic E-state index is -4.56. The second-order valence-electron chi connectivity index (χ2n) is 7.07. The molecule has 0 saturated carbocycles. The molecule has 11 heteroatoms. The molecule has 1 aliphatic rings. The van der Waals surface area contributed by atoms with E-state index in [0.717, 1.165) is 33.1 Å². The Morgan fingerprint density at radius 1 is 1.16 bits per heavy atom. The number of H-pyrrole nitrogens is 1. The van der Waals surface area contributed by atoms with E-state index in [1.54, 1.807) is 13.1 Å². The van der Waals surface area contributed by atoms with Gasteiger partial charge in [-0.1, -0.05) is 28.1 Å². The molecule has 0 fully saturated rings. The smallest absolute Gasteiger partial charge is 0.360 e. The quantitative estimate of drug-likeness (QED) is 0.328. The van der Waals surface area contributed by atoms with Crippen LogP contribution in [-0.2, 0) is 6.18 Å². The summed E-state index contributed by atoms with van der Waals surface area (Å²) in [6, 6.07) is 8.60. The molecule has 1 aromatic carbocycles. The third-order valence-electron chi connectivity index (χ3n) is 5.03. The van der Waals surface area contributed by atoms with Gasteiger partial charge in [0.2, 0.25) is 0 Å². The van der Waals surface area contributed by atoms with Gasteiger partial charge in [0.15, 0.2) is 0 Å². The molecule has 4 aromatic rings. The molecule has 1 atom stereocenters. The lowest BCUT2D eigenvalue weighted by atomic mass is 10.0. The number of aromatic nitrogens is 3. The summed E-state index contributed by atoms with van der Waals surface area (Å²) in [7, 11) is 0. The monoisotopic (exact) mass is 507 g/mol. The van der Waals surface area contributed by atoms with Crippen molar-refractivity contribution in [2.24, 2.45) is 0 Å². The normalized spacial score (nSPS) is 16.2. The Bertz CT molecular complexity index is 1330. The van der Waals surface area contributed by atoms with Crippen LogP contribution in [0.4, 0.5) is 18.9 Å². The van der Waals surface area contributed by atoms with Gasteiger partial charge in [0.25, 0.3) is 5.91 Å². The molecule has 4 heterocycles. The van der Waals surface area contributed by atoms with Crippen LogP contribution in [0.1, 0.15) is 32.7 Å². The minimum Gasteiger partial charge on any atom is -0.360 e. The van der Waals surface area contributed by atoms with E-state index in [0.29, 0.717) is 27.1 Å². The zero-order valence-electron chi connectivity index (χ0n) is 15.8. The summed E-state index contributed by atoms with van der Waals surface area (Å²) in [6.45, 7) is 1.58. The van der Waals surface area contributed by atoms with Gasteiger partial charge in [0.1, 0.15) is 21.6 Å². The molecular weight excluding hydrogens is 495 g/mol. The third-order valence-corrected chi connectivity index (χ3v) is 6.64. The summed E-state index contributed by atoms with van der Waals surface area (Å²) < 4.78 is 40.4. The first-order chi connectivity index (χ1) is 14.7. The van der Waals surface area contributed by atoms with E-state index < -0.39 is 18.0 Å². The number of nitrogens with one attached hydrogen (secondary N) is 3. The highest BCUT2D eigenvalue weighted by Gasteiger charge is 2.36. The molecule has 0 spiro atoms. The maximum atomic E-state index is 13.2. The van der Waals surface area contributed by atoms with Gasteiger partial charge in [-0.2, -0.15) is 18.3 Å². The van der Waals surface area contributed by atoms with Crippen molar-refractivity contribution < 1.29 is 18.0 Å². The number of aryl methyl sites for hydroxylation is 1. The van der Waals surface area contributed by atoms with Crippen molar-refractivity contribution in [3.63, 3.8) is 0 Å². The molecule has 1 unspecified atom stereocenters. The molecular formula is C20H13BrF3N5OS. The Morgan fingerprint density at radius 3 is 2.61 bits per heavy atom. The fraction of sp³-hybridized carbons (Fsp3) is 0.150. The van der Waals surface area contributed by atoms with E-state index in [9.17, 15) is 18.0 Å². The van der Waals surface area contributed by atoms with Gasteiger partial charge in [-0.05, 0) is 30.7 Å². The Morgan fingerprint density at radius 2 is 1.90 bits per heavy atom. The predicted molar refractivity (Wildman–Crippen MR) is 115 cm³/mol. The zero-order valence-corrected chi connectivity index (χ0v) is 18.2. The number of anilines is 1. The van der Waals surface area contributed by atoms with Gasteiger partial charge in [-0.15, -0.1) is 11.3 Å². The van der Waals surface area contributed by atoms with Gasteiger partial charge < -0.3 is 10.6 Å². The first-order valence-corrected chi connectivity index (χ1v) is 10.7. The fourth-order valence-electron chi connectivity index (χ4n) is 3.62. The van der Waals surface area contributed by atoms with E-state index >= 15 is 0 Å². The molecule has 158 valence electrons. The van der Waals surface area contributed by atoms with Crippen molar-refractivity contribution in [1.82, 2.24) is 20.5 Å². The van der Waals surface area contributed by atoms with Crippen molar-refractivity contribution >= 4 is 49.1 Å². The minimum absolute atomic E-state index is 0.168. The summed E-state index contributed by atoms with van der Waals surface area (Å²) >= 11 is 4.34. The highest BCUT2D eigenvalue weighted by molar-refractivity contribution is 9.10. The molecule has 31 heavy (non-hydrogen) atoms. The number of amides is 1. The van der Waals surface area contributed by atoms with Crippen LogP contribution in [0.5, 0.6) is 0 Å². The lowest BCUT2D eigenvalue weighted by Gasteiger charge is -2.26. The number of rotatable bonds is 2. The lowest BCUT2D eigenvalue weighted by molar-refractivity contribution is -0.141. The molecule has 6 nitrogen and oxygen atoms in total. The van der Waals surface area contributed by atoms with Gasteiger partial charge in [-0.25, -0.2) is 4.98 Å². The Labute approximate surface area is 186 Å². The average molecular weight is 508 g/mol. The number of halogens is 4. The molecule has 0 bridgehead atoms. The first kappa shape index (κ1) is 20.0. The molecule has 1 aliphatic heterocycles. The average Bonchev–Trinajstić information content (AvgIpc) is 3.33. The molecule has 0 radical (unpaired) electrons. The Hall–Kier alpha value is -2.92. The van der Waals surface area contributed by atoms with Gasteiger partial charge in [-0.3, -0.25) is 9.89 Å². The van der Waals surface area contributed by atoms with Crippen molar-refractivity contribution in [3.05, 3.63) is 62.7 Å². The second kappa shape index (κ2) is 7.06. The number of nitrogens with zero attached hydrogens (tertiary/aromatic N) is 2. The standard InChI is InChI=1S/C20H13BrF3N5OS/c1-8-6-12(20(22,23)24)26-19-13(8)15-16(31-19)18(30)28-17(27-15)11-7-25-29-14(11)9-2-4-10(21)5-3-9/h2-7,17,27H,1H3,(H,25,29)(H,28,30). The summed E-state index contributed by atoms with van der Waals surface area (Å²) in [4.78, 5) is 17.0. The van der Waals surface area contributed by atoms with Crippen molar-refractivity contribution in [1.29, 1.82) is 0 Å². The number of thiophene rings is 1. The molecule has 0 saturated heterocycles. The van der Waals surface area contributed by atoms with Crippen molar-refractivity contribution in [2.45, 2.75) is 19.3 Å². The van der Waals surface area contributed by atoms with Gasteiger partial charge in [0, 0.05) is 21.0 Å². The number of hydrogen-bond acceptors (Lipinski definition) is 5. The van der Waals surface area contributed by atoms with Crippen LogP contribution in [0.25, 0.3) is 21.5 Å². The van der Waals surface area contributed by atoms with Crippen LogP contribution in [0, 0.1) is 6.92 Å². The largest absolute Gasteiger partial charge is 0.433 e. The number of carbonyl (C=O) groups is 1. The van der Waals surface area contributed by atoms with Crippen LogP contribution in [-0.4, -0.2) is 21.1 Å². The number of carbonyl (C=O) groups excluding carboxylic acids is 1. The van der Waals surface area contributed by atoms with Crippen molar-refractivity contribution in [2.75, 3.05) is 5.32 Å². The third kappa shape index (κ3) is 3.37. The maximum Gasteiger partial charge on any atom is 0.433 e. The van der Waals surface area contributed by atoms with Crippen LogP contribution in [0.3, 0.4) is 0 Å². The number of aromatic amines is 1. The van der Waals surface area contributed by atoms with Crippen LogP contribution < -0.4 is 10.6 Å². The lowest BCUT2D eigenvalue weighted by Crippen LogP contribution is -2.37. The van der Waals surface area contributed by atoms with Gasteiger partial charge >= 0.3 is 6.18 Å². The highest BCUT2D eigenvalue weighted by Crippen LogP contribution is 2.43. The van der Waals surface area contributed by atoms with Gasteiger partial charge in [0.05, 0.1) is 17.6 Å². The van der Waals surface area contributed by atoms with E-state index in [2.05, 4.69) is 41.7 Å². The number of alkyl halides is 3.